The van der Waals surface area contributed by atoms with Gasteiger partial charge in [-0.25, -0.2) is 4.52 Å². The molecule has 1 amide bonds. The van der Waals surface area contributed by atoms with Gasteiger partial charge in [-0.15, -0.1) is 11.3 Å². The number of hydrogen-bond donors (Lipinski definition) is 2. The van der Waals surface area contributed by atoms with Crippen LogP contribution in [0.4, 0.5) is 5.69 Å². The van der Waals surface area contributed by atoms with E-state index in [4.69, 9.17) is 4.74 Å². The second kappa shape index (κ2) is 8.26. The third kappa shape index (κ3) is 3.79. The molecule has 6 heterocycles. The van der Waals surface area contributed by atoms with Gasteiger partial charge in [0.25, 0.3) is 5.56 Å². The van der Waals surface area contributed by atoms with Crippen LogP contribution in [0.15, 0.2) is 35.6 Å². The van der Waals surface area contributed by atoms with Crippen LogP contribution in [0.3, 0.4) is 0 Å². The van der Waals surface area contributed by atoms with Crippen LogP contribution in [-0.4, -0.2) is 72.0 Å². The molecular weight excluding hydrogens is 468 g/mol. The van der Waals surface area contributed by atoms with Crippen LogP contribution >= 0.6 is 11.3 Å². The highest BCUT2D eigenvalue weighted by Gasteiger charge is 2.27. The molecule has 0 unspecified atom stereocenters. The van der Waals surface area contributed by atoms with Crippen molar-refractivity contribution in [1.82, 2.24) is 34.3 Å². The average Bonchev–Trinajstić information content (AvgIpc) is 3.50. The lowest BCUT2D eigenvalue weighted by Crippen LogP contribution is -2.52. The van der Waals surface area contributed by atoms with Crippen LogP contribution < -0.4 is 10.9 Å². The Morgan fingerprint density at radius 2 is 2.03 bits per heavy atom. The van der Waals surface area contributed by atoms with Crippen molar-refractivity contribution >= 4 is 49.7 Å². The minimum Gasteiger partial charge on any atom is -0.378 e. The Labute approximate surface area is 203 Å². The Bertz CT molecular complexity index is 1640. The number of aromatic amines is 1. The molecular formula is C23H24N8O3S. The van der Waals surface area contributed by atoms with Crippen LogP contribution in [0.2, 0.25) is 0 Å². The maximum atomic E-state index is 13.0. The highest BCUT2D eigenvalue weighted by atomic mass is 32.1. The summed E-state index contributed by atoms with van der Waals surface area (Å²) in [5.74, 6) is -0.138. The molecule has 5 aromatic rings. The van der Waals surface area contributed by atoms with Gasteiger partial charge >= 0.3 is 0 Å². The number of amides is 1. The van der Waals surface area contributed by atoms with Gasteiger partial charge in [0.1, 0.15) is 21.3 Å². The topological polar surface area (TPSA) is 122 Å². The van der Waals surface area contributed by atoms with Gasteiger partial charge in [-0.2, -0.15) is 10.2 Å². The number of nitrogens with one attached hydrogen (secondary N) is 2. The molecule has 0 radical (unpaired) electrons. The maximum Gasteiger partial charge on any atom is 0.261 e. The van der Waals surface area contributed by atoms with Gasteiger partial charge in [0.15, 0.2) is 0 Å². The largest absolute Gasteiger partial charge is 0.378 e. The predicted molar refractivity (Wildman–Crippen MR) is 134 cm³/mol. The number of pyridine rings is 2. The molecule has 1 fully saturated rings. The zero-order valence-electron chi connectivity index (χ0n) is 19.5. The van der Waals surface area contributed by atoms with Crippen molar-refractivity contribution in [2.75, 3.05) is 25.1 Å². The first-order valence-corrected chi connectivity index (χ1v) is 12.2. The van der Waals surface area contributed by atoms with Crippen molar-refractivity contribution in [3.8, 4) is 10.4 Å². The van der Waals surface area contributed by atoms with Crippen LogP contribution in [0.1, 0.15) is 13.8 Å². The SMILES string of the molecule is C[C@@H]1COC[C@H](C)N1CC(=O)Nc1cnc2c(c1)[nH]c(=O)c1c2nn2cc(-c3cnn(C)c3)sc12. The summed E-state index contributed by atoms with van der Waals surface area (Å²) in [6, 6.07) is 2.05. The molecule has 0 aliphatic carbocycles. The Kier molecular flexibility index (Phi) is 5.16. The molecule has 12 heteroatoms. The first kappa shape index (κ1) is 21.9. The number of thiazole rings is 1. The Morgan fingerprint density at radius 1 is 1.23 bits per heavy atom. The van der Waals surface area contributed by atoms with Gasteiger partial charge in [-0.1, -0.05) is 0 Å². The molecule has 180 valence electrons. The Morgan fingerprint density at radius 3 is 2.77 bits per heavy atom. The van der Waals surface area contributed by atoms with Crippen molar-refractivity contribution in [3.63, 3.8) is 0 Å². The summed E-state index contributed by atoms with van der Waals surface area (Å²) in [7, 11) is 1.86. The first-order valence-electron chi connectivity index (χ1n) is 11.3. The molecule has 35 heavy (non-hydrogen) atoms. The molecule has 2 atom stereocenters. The Hall–Kier alpha value is -3.61. The fourth-order valence-electron chi connectivity index (χ4n) is 4.61. The van der Waals surface area contributed by atoms with Crippen molar-refractivity contribution < 1.29 is 9.53 Å². The van der Waals surface area contributed by atoms with E-state index in [1.165, 1.54) is 11.3 Å². The number of H-pyrrole nitrogens is 1. The summed E-state index contributed by atoms with van der Waals surface area (Å²) in [4.78, 5) is 37.0. The number of rotatable bonds is 4. The van der Waals surface area contributed by atoms with Gasteiger partial charge in [0, 0.05) is 37.1 Å². The number of hydrogen-bond acceptors (Lipinski definition) is 8. The maximum absolute atomic E-state index is 13.0. The van der Waals surface area contributed by atoms with E-state index >= 15 is 0 Å². The monoisotopic (exact) mass is 492 g/mol. The van der Waals surface area contributed by atoms with E-state index in [9.17, 15) is 9.59 Å². The van der Waals surface area contributed by atoms with E-state index in [0.29, 0.717) is 40.8 Å². The summed E-state index contributed by atoms with van der Waals surface area (Å²) in [5.41, 5.74) is 2.86. The second-order valence-corrected chi connectivity index (χ2v) is 10.0. The summed E-state index contributed by atoms with van der Waals surface area (Å²) in [6.45, 7) is 5.57. The summed E-state index contributed by atoms with van der Waals surface area (Å²) >= 11 is 1.48. The van der Waals surface area contributed by atoms with Gasteiger partial charge in [0.05, 0.1) is 48.2 Å². The van der Waals surface area contributed by atoms with Gasteiger partial charge in [0.2, 0.25) is 5.91 Å². The highest BCUT2D eigenvalue weighted by molar-refractivity contribution is 7.21. The number of aromatic nitrogens is 6. The van der Waals surface area contributed by atoms with Gasteiger partial charge < -0.3 is 15.0 Å². The number of ether oxygens (including phenoxy) is 1. The van der Waals surface area contributed by atoms with Crippen LogP contribution in [0.5, 0.6) is 0 Å². The fourth-order valence-corrected chi connectivity index (χ4v) is 5.68. The van der Waals surface area contributed by atoms with Crippen molar-refractivity contribution in [1.29, 1.82) is 0 Å². The standard InChI is InChI=1S/C23H24N8O3S/c1-12-10-34-11-13(2)30(12)9-18(32)26-15-4-16-20(24-6-15)21-19(22(33)27-16)23-31(28-21)8-17(35-23)14-5-25-29(3)7-14/h4-8,12-13H,9-11H2,1-3H3,(H,26,32)(H,27,33)/t12-,13+. The number of nitrogens with zero attached hydrogens (tertiary/aromatic N) is 6. The number of carbonyl (C=O) groups excluding carboxylic acids is 1. The lowest BCUT2D eigenvalue weighted by Gasteiger charge is -2.38. The number of fused-ring (bicyclic) bond motifs is 5. The minimum absolute atomic E-state index is 0.138. The lowest BCUT2D eigenvalue weighted by atomic mass is 10.1. The zero-order valence-corrected chi connectivity index (χ0v) is 20.3. The molecule has 0 bridgehead atoms. The highest BCUT2D eigenvalue weighted by Crippen LogP contribution is 2.33. The third-order valence-electron chi connectivity index (χ3n) is 6.35. The molecule has 1 aliphatic rings. The smallest absolute Gasteiger partial charge is 0.261 e. The van der Waals surface area contributed by atoms with Gasteiger partial charge in [-0.05, 0) is 19.9 Å². The fraction of sp³-hybridized carbons (Fsp3) is 0.348. The van der Waals surface area contributed by atoms with E-state index in [1.807, 2.05) is 33.3 Å². The molecule has 0 saturated carbocycles. The zero-order chi connectivity index (χ0) is 24.3. The van der Waals surface area contributed by atoms with E-state index in [2.05, 4.69) is 30.4 Å². The second-order valence-electron chi connectivity index (χ2n) is 9.00. The molecule has 1 aliphatic heterocycles. The normalized spacial score (nSPS) is 19.2. The van der Waals surface area contributed by atoms with Crippen molar-refractivity contribution in [2.24, 2.45) is 7.05 Å². The lowest BCUT2D eigenvalue weighted by molar-refractivity contribution is -0.121. The summed E-state index contributed by atoms with van der Waals surface area (Å²) < 4.78 is 8.99. The van der Waals surface area contributed by atoms with Crippen LogP contribution in [0, 0.1) is 0 Å². The van der Waals surface area contributed by atoms with E-state index < -0.39 is 0 Å². The molecule has 1 saturated heterocycles. The summed E-state index contributed by atoms with van der Waals surface area (Å²) in [5, 5.41) is 12.3. The quantitative estimate of drug-likeness (QED) is 0.394. The first-order chi connectivity index (χ1) is 16.9. The predicted octanol–water partition coefficient (Wildman–Crippen LogP) is 2.23. The summed E-state index contributed by atoms with van der Waals surface area (Å²) in [6.07, 6.45) is 7.19. The van der Waals surface area contributed by atoms with E-state index in [0.717, 1.165) is 15.3 Å². The van der Waals surface area contributed by atoms with Crippen LogP contribution in [-0.2, 0) is 16.6 Å². The molecule has 2 N–H and O–H groups in total. The number of morpholine rings is 1. The van der Waals surface area contributed by atoms with Crippen LogP contribution in [0.25, 0.3) is 37.2 Å². The molecule has 0 aromatic carbocycles. The molecule has 5 aromatic heterocycles. The van der Waals surface area contributed by atoms with Crippen molar-refractivity contribution in [2.45, 2.75) is 25.9 Å². The molecule has 11 nitrogen and oxygen atoms in total. The van der Waals surface area contributed by atoms with Gasteiger partial charge in [-0.3, -0.25) is 24.2 Å². The average molecular weight is 493 g/mol. The van der Waals surface area contributed by atoms with Crippen molar-refractivity contribution in [3.05, 3.63) is 41.2 Å². The Balaban J connectivity index is 1.31. The van der Waals surface area contributed by atoms with E-state index in [1.54, 1.807) is 27.7 Å². The van der Waals surface area contributed by atoms with E-state index in [-0.39, 0.29) is 30.1 Å². The number of aryl methyl sites for hydroxylation is 1. The molecule has 0 spiro atoms. The molecule has 6 rings (SSSR count). The minimum atomic E-state index is -0.247. The third-order valence-corrected chi connectivity index (χ3v) is 7.50. The number of anilines is 1. The number of carbonyl (C=O) groups is 1.